The highest BCUT2D eigenvalue weighted by atomic mass is 16.5. The van der Waals surface area contributed by atoms with Crippen LogP contribution >= 0.6 is 0 Å². The Bertz CT molecular complexity index is 3050. The van der Waals surface area contributed by atoms with Crippen molar-refractivity contribution in [1.82, 2.24) is 10.6 Å². The lowest BCUT2D eigenvalue weighted by molar-refractivity contribution is -0.131. The number of primary amides is 1. The molecule has 0 fully saturated rings. The number of nitrogens with zero attached hydrogens (tertiary/aromatic N) is 2. The summed E-state index contributed by atoms with van der Waals surface area (Å²) in [5.74, 6) is -1.44. The van der Waals surface area contributed by atoms with Crippen molar-refractivity contribution in [2.75, 3.05) is 46.5 Å². The van der Waals surface area contributed by atoms with Crippen LogP contribution < -0.4 is 61.1 Å². The molecule has 0 radical (unpaired) electrons. The molecule has 0 saturated heterocycles. The van der Waals surface area contributed by atoms with Crippen LogP contribution in [0.15, 0.2) is 91.0 Å². The third kappa shape index (κ3) is 11.0. The number of ether oxygens (including phenoxy) is 4. The van der Waals surface area contributed by atoms with Crippen molar-refractivity contribution in [3.63, 3.8) is 0 Å². The first-order chi connectivity index (χ1) is 36.1. The number of fused-ring (bicyclic) bond motifs is 8. The number of carbonyl (C=O) groups is 6. The van der Waals surface area contributed by atoms with Crippen LogP contribution in [0.2, 0.25) is 0 Å². The molecule has 4 aliphatic rings. The van der Waals surface area contributed by atoms with E-state index in [2.05, 4.69) is 26.6 Å². The molecule has 8 N–H and O–H groups in total. The lowest BCUT2D eigenvalue weighted by Crippen LogP contribution is -2.53. The largest absolute Gasteiger partial charge is 0.493 e. The van der Waals surface area contributed by atoms with Gasteiger partial charge < -0.3 is 66.2 Å². The van der Waals surface area contributed by atoms with E-state index in [1.165, 1.54) is 21.1 Å². The minimum Gasteiger partial charge on any atom is -0.493 e. The zero-order valence-corrected chi connectivity index (χ0v) is 42.5. The highest BCUT2D eigenvalue weighted by Gasteiger charge is 2.42. The SMILES string of the molecule is COc1cc2c(cc1OCc1cc(COc3cc4c(cc3OC)C(=O)N3c5ccccc5C[C@H]3C(O)N4)cc(NC(=O)[C@H](C)NC(=O)[C@@H](NC(=O)CCCCC(N)=O)C(C)C)c1)NC[C@@H]1Cc3ccccc3N1C2=O. The van der Waals surface area contributed by atoms with E-state index < -0.39 is 42.1 Å². The number of aliphatic hydroxyl groups excluding tert-OH is 1. The standard InChI is InChI=1S/C56H62N8O11/c1-30(2)51(62-50(66)17-11-10-16-49(57)65)54(69)59-31(3)52(67)60-36-19-32(28-74-47-25-40-38(23-45(47)72-4)55(70)63-37(27-58-40)21-34-12-6-8-14-42(34)63)18-33(20-36)29-75-48-26-41-39(24-46(48)73-5)56(71)64-43-15-9-7-13-35(43)22-44(64)53(68)61-41/h6-9,12-15,18-20,23-26,30-31,37,44,51,53,58,61,68H,10-11,16-17,21-22,27-29H2,1-5H3,(H2,57,65)(H,59,69)(H,60,67)(H,62,66)/t31-,37-,44-,51-,53?/m0/s1. The number of carbonyl (C=O) groups excluding carboxylic acids is 6. The average molecular weight is 1020 g/mol. The third-order valence-electron chi connectivity index (χ3n) is 14.0. The summed E-state index contributed by atoms with van der Waals surface area (Å²) >= 11 is 0. The van der Waals surface area contributed by atoms with Crippen molar-refractivity contribution in [2.24, 2.45) is 11.7 Å². The summed E-state index contributed by atoms with van der Waals surface area (Å²) in [4.78, 5) is 83.1. The normalized spacial score (nSPS) is 17.7. The van der Waals surface area contributed by atoms with Crippen LogP contribution in [0.25, 0.3) is 0 Å². The van der Waals surface area contributed by atoms with Gasteiger partial charge in [-0.3, -0.25) is 28.8 Å². The van der Waals surface area contributed by atoms with Crippen molar-refractivity contribution in [1.29, 1.82) is 0 Å². The summed E-state index contributed by atoms with van der Waals surface area (Å²) in [5, 5.41) is 26.4. The Morgan fingerprint density at radius 1 is 0.707 bits per heavy atom. The van der Waals surface area contributed by atoms with Gasteiger partial charge in [-0.2, -0.15) is 0 Å². The second kappa shape index (κ2) is 22.0. The third-order valence-corrected chi connectivity index (χ3v) is 14.0. The molecule has 5 atom stereocenters. The lowest BCUT2D eigenvalue weighted by Gasteiger charge is -2.26. The number of methoxy groups -OCH3 is 2. The van der Waals surface area contributed by atoms with Gasteiger partial charge in [0.15, 0.2) is 23.0 Å². The fraction of sp³-hybridized carbons (Fsp3) is 0.357. The van der Waals surface area contributed by atoms with Gasteiger partial charge in [0.05, 0.1) is 48.8 Å². The Hall–Kier alpha value is -8.32. The quantitative estimate of drug-likeness (QED) is 0.0484. The Morgan fingerprint density at radius 3 is 1.91 bits per heavy atom. The van der Waals surface area contributed by atoms with Gasteiger partial charge in [-0.15, -0.1) is 0 Å². The van der Waals surface area contributed by atoms with Crippen LogP contribution in [0.4, 0.5) is 28.4 Å². The molecule has 19 nitrogen and oxygen atoms in total. The first-order valence-electron chi connectivity index (χ1n) is 25.1. The molecule has 9 rings (SSSR count). The molecule has 5 aromatic rings. The molecule has 0 spiro atoms. The summed E-state index contributed by atoms with van der Waals surface area (Å²) in [7, 11) is 2.97. The summed E-state index contributed by atoms with van der Waals surface area (Å²) < 4.78 is 24.4. The van der Waals surface area contributed by atoms with Crippen molar-refractivity contribution in [2.45, 2.75) is 103 Å². The van der Waals surface area contributed by atoms with E-state index in [-0.39, 0.29) is 67.2 Å². The first-order valence-corrected chi connectivity index (χ1v) is 25.1. The average Bonchev–Trinajstić information content (AvgIpc) is 3.92. The van der Waals surface area contributed by atoms with Gasteiger partial charge in [0.1, 0.15) is 31.5 Å². The molecule has 4 aliphatic heterocycles. The molecular weight excluding hydrogens is 961 g/mol. The smallest absolute Gasteiger partial charge is 0.260 e. The van der Waals surface area contributed by atoms with Gasteiger partial charge in [-0.05, 0) is 103 Å². The predicted molar refractivity (Wildman–Crippen MR) is 281 cm³/mol. The van der Waals surface area contributed by atoms with E-state index in [0.717, 1.165) is 28.9 Å². The van der Waals surface area contributed by atoms with E-state index in [4.69, 9.17) is 24.7 Å². The van der Waals surface area contributed by atoms with E-state index in [1.807, 2.05) is 59.5 Å². The highest BCUT2D eigenvalue weighted by molar-refractivity contribution is 6.13. The number of para-hydroxylation sites is 2. The minimum atomic E-state index is -1.09. The second-order valence-electron chi connectivity index (χ2n) is 19.6. The molecule has 0 bridgehead atoms. The monoisotopic (exact) mass is 1020 g/mol. The minimum absolute atomic E-state index is 0.0284. The van der Waals surface area contributed by atoms with Crippen molar-refractivity contribution in [3.8, 4) is 23.0 Å². The van der Waals surface area contributed by atoms with Crippen molar-refractivity contribution < 1.29 is 52.8 Å². The number of hydrogen-bond acceptors (Lipinski definition) is 13. The molecular formula is C56H62N8O11. The van der Waals surface area contributed by atoms with Crippen LogP contribution in [0.5, 0.6) is 23.0 Å². The van der Waals surface area contributed by atoms with Crippen LogP contribution in [-0.4, -0.2) is 91.7 Å². The van der Waals surface area contributed by atoms with Gasteiger partial charge in [0.2, 0.25) is 23.6 Å². The Balaban J connectivity index is 0.954. The summed E-state index contributed by atoms with van der Waals surface area (Å²) in [5.41, 5.74) is 12.1. The number of anilines is 5. The maximum atomic E-state index is 14.2. The number of unbranched alkanes of at least 4 members (excludes halogenated alkanes) is 1. The molecule has 19 heteroatoms. The zero-order chi connectivity index (χ0) is 53.1. The van der Waals surface area contributed by atoms with Crippen LogP contribution in [0, 0.1) is 5.92 Å². The van der Waals surface area contributed by atoms with E-state index in [1.54, 1.807) is 55.1 Å². The molecule has 6 amide bonds. The molecule has 4 heterocycles. The van der Waals surface area contributed by atoms with Gasteiger partial charge >= 0.3 is 0 Å². The fourth-order valence-electron chi connectivity index (χ4n) is 10.2. The number of amides is 6. The summed E-state index contributed by atoms with van der Waals surface area (Å²) in [6, 6.07) is 24.8. The van der Waals surface area contributed by atoms with Crippen LogP contribution in [-0.2, 0) is 45.2 Å². The Morgan fingerprint density at radius 2 is 1.28 bits per heavy atom. The van der Waals surface area contributed by atoms with E-state index >= 15 is 0 Å². The zero-order valence-electron chi connectivity index (χ0n) is 42.5. The van der Waals surface area contributed by atoms with Gasteiger partial charge in [0, 0.05) is 48.6 Å². The summed E-state index contributed by atoms with van der Waals surface area (Å²) in [6.07, 6.45) is 1.22. The Kier molecular flexibility index (Phi) is 15.2. The van der Waals surface area contributed by atoms with Gasteiger partial charge in [0.25, 0.3) is 11.8 Å². The molecule has 75 heavy (non-hydrogen) atoms. The number of benzene rings is 5. The van der Waals surface area contributed by atoms with Crippen molar-refractivity contribution >= 4 is 63.9 Å². The summed E-state index contributed by atoms with van der Waals surface area (Å²) in [6.45, 7) is 5.51. The number of nitrogens with one attached hydrogen (secondary N) is 5. The molecule has 392 valence electrons. The molecule has 0 aromatic heterocycles. The van der Waals surface area contributed by atoms with Crippen LogP contribution in [0.1, 0.15) is 89.4 Å². The van der Waals surface area contributed by atoms with E-state index in [9.17, 15) is 33.9 Å². The first kappa shape index (κ1) is 51.6. The Labute approximate surface area is 434 Å². The van der Waals surface area contributed by atoms with Crippen molar-refractivity contribution in [3.05, 3.63) is 124 Å². The number of nitrogens with two attached hydrogens (primary N) is 1. The highest BCUT2D eigenvalue weighted by Crippen LogP contribution is 2.43. The number of aliphatic hydroxyl groups is 1. The lowest BCUT2D eigenvalue weighted by atomic mass is 10.0. The van der Waals surface area contributed by atoms with Gasteiger partial charge in [-0.25, -0.2) is 0 Å². The molecule has 1 unspecified atom stereocenters. The number of rotatable bonds is 19. The van der Waals surface area contributed by atoms with E-state index in [0.29, 0.717) is 76.6 Å². The van der Waals surface area contributed by atoms with Gasteiger partial charge in [-0.1, -0.05) is 50.2 Å². The van der Waals surface area contributed by atoms with Crippen LogP contribution in [0.3, 0.4) is 0 Å². The topological polar surface area (TPSA) is 252 Å². The number of hydrogen-bond donors (Lipinski definition) is 7. The molecule has 0 aliphatic carbocycles. The molecule has 5 aromatic carbocycles. The maximum absolute atomic E-state index is 14.2. The maximum Gasteiger partial charge on any atom is 0.260 e. The second-order valence-corrected chi connectivity index (χ2v) is 19.6. The fourth-order valence-corrected chi connectivity index (χ4v) is 10.2. The molecule has 0 saturated carbocycles. The predicted octanol–water partition coefficient (Wildman–Crippen LogP) is 5.80.